The first-order chi connectivity index (χ1) is 5.95. The van der Waals surface area contributed by atoms with E-state index in [-0.39, 0.29) is 4.90 Å². The Bertz CT molecular complexity index is 445. The van der Waals surface area contributed by atoms with E-state index in [1.165, 1.54) is 0 Å². The number of benzene rings is 1. The van der Waals surface area contributed by atoms with Crippen molar-refractivity contribution in [2.75, 3.05) is 0 Å². The number of halogens is 2. The summed E-state index contributed by atoms with van der Waals surface area (Å²) in [5.41, 5.74) is -0.582. The molecule has 0 aliphatic heterocycles. The van der Waals surface area contributed by atoms with Gasteiger partial charge in [-0.05, 0) is 23.4 Å². The molecular weight excluding hydrogens is 221 g/mol. The first-order valence-electron chi connectivity index (χ1n) is 3.02. The van der Waals surface area contributed by atoms with Crippen LogP contribution in [0, 0.1) is 10.7 Å². The van der Waals surface area contributed by atoms with Crippen molar-refractivity contribution in [3.8, 4) is 0 Å². The summed E-state index contributed by atoms with van der Waals surface area (Å²) in [4.78, 5) is 9.62. The molecule has 0 saturated heterocycles. The zero-order chi connectivity index (χ0) is 10.1. The zero-order valence-corrected chi connectivity index (χ0v) is 7.64. The Morgan fingerprint density at radius 2 is 2.00 bits per heavy atom. The molecule has 0 bridgehead atoms. The van der Waals surface area contributed by atoms with Crippen LogP contribution in [-0.2, 0) is 9.05 Å². The maximum Gasteiger partial charge on any atom is 0.261 e. The van der Waals surface area contributed by atoms with Gasteiger partial charge >= 0.3 is 0 Å². The maximum absolute atomic E-state index is 12.6. The fourth-order valence-corrected chi connectivity index (χ4v) is 1.49. The van der Waals surface area contributed by atoms with Crippen molar-refractivity contribution >= 4 is 25.4 Å². The minimum absolute atomic E-state index is 0.356. The van der Waals surface area contributed by atoms with E-state index in [9.17, 15) is 17.7 Å². The van der Waals surface area contributed by atoms with Gasteiger partial charge in [0.2, 0.25) is 0 Å². The van der Waals surface area contributed by atoms with Gasteiger partial charge in [0.05, 0.1) is 4.90 Å². The highest BCUT2D eigenvalue weighted by Gasteiger charge is 2.13. The second-order valence-electron chi connectivity index (χ2n) is 2.14. The summed E-state index contributed by atoms with van der Waals surface area (Å²) in [6, 6.07) is 2.53. The first-order valence-corrected chi connectivity index (χ1v) is 5.33. The Labute approximate surface area is 77.7 Å². The third-order valence-electron chi connectivity index (χ3n) is 1.30. The molecule has 0 saturated carbocycles. The van der Waals surface area contributed by atoms with Gasteiger partial charge in [-0.15, -0.1) is 4.91 Å². The zero-order valence-electron chi connectivity index (χ0n) is 6.07. The van der Waals surface area contributed by atoms with Crippen LogP contribution in [0.2, 0.25) is 0 Å². The molecule has 0 radical (unpaired) electrons. The van der Waals surface area contributed by atoms with Crippen LogP contribution in [-0.4, -0.2) is 8.42 Å². The SMILES string of the molecule is O=Nc1cc(S(=O)(=O)Cl)ccc1F. The molecule has 0 aliphatic carbocycles. The van der Waals surface area contributed by atoms with Crippen LogP contribution in [0.25, 0.3) is 0 Å². The lowest BCUT2D eigenvalue weighted by atomic mass is 10.3. The van der Waals surface area contributed by atoms with Crippen molar-refractivity contribution in [3.05, 3.63) is 28.9 Å². The average Bonchev–Trinajstić information content (AvgIpc) is 2.03. The molecule has 1 aromatic rings. The molecule has 7 heteroatoms. The van der Waals surface area contributed by atoms with Crippen LogP contribution in [0.1, 0.15) is 0 Å². The van der Waals surface area contributed by atoms with Crippen molar-refractivity contribution in [2.45, 2.75) is 4.90 Å². The van der Waals surface area contributed by atoms with Crippen molar-refractivity contribution in [3.63, 3.8) is 0 Å². The highest BCUT2D eigenvalue weighted by atomic mass is 35.7. The molecule has 0 aromatic heterocycles. The van der Waals surface area contributed by atoms with Crippen LogP contribution in [0.3, 0.4) is 0 Å². The molecule has 70 valence electrons. The standard InChI is InChI=1S/C6H3ClFNO3S/c7-13(11,12)4-1-2-5(8)6(3-4)9-10/h1-3H. The molecular formula is C6H3ClFNO3S. The predicted octanol–water partition coefficient (Wildman–Crippen LogP) is 2.15. The summed E-state index contributed by atoms with van der Waals surface area (Å²) >= 11 is 0. The van der Waals surface area contributed by atoms with Gasteiger partial charge in [-0.3, -0.25) is 0 Å². The fraction of sp³-hybridized carbons (Fsp3) is 0. The molecule has 1 rings (SSSR count). The third kappa shape index (κ3) is 2.22. The lowest BCUT2D eigenvalue weighted by molar-refractivity contribution is 0.608. The van der Waals surface area contributed by atoms with Crippen LogP contribution < -0.4 is 0 Å². The molecule has 0 heterocycles. The second kappa shape index (κ2) is 3.39. The molecule has 0 fully saturated rings. The third-order valence-corrected chi connectivity index (χ3v) is 2.65. The van der Waals surface area contributed by atoms with E-state index in [2.05, 4.69) is 5.18 Å². The second-order valence-corrected chi connectivity index (χ2v) is 4.71. The Kier molecular flexibility index (Phi) is 2.63. The van der Waals surface area contributed by atoms with E-state index >= 15 is 0 Å². The quantitative estimate of drug-likeness (QED) is 0.570. The maximum atomic E-state index is 12.6. The highest BCUT2D eigenvalue weighted by Crippen LogP contribution is 2.23. The smallest absolute Gasteiger partial charge is 0.207 e. The van der Waals surface area contributed by atoms with Crippen LogP contribution in [0.4, 0.5) is 10.1 Å². The van der Waals surface area contributed by atoms with Gasteiger partial charge < -0.3 is 0 Å². The molecule has 4 nitrogen and oxygen atoms in total. The largest absolute Gasteiger partial charge is 0.261 e. The number of nitroso groups, excluding NO2 is 1. The summed E-state index contributed by atoms with van der Waals surface area (Å²) in [5, 5.41) is 2.30. The summed E-state index contributed by atoms with van der Waals surface area (Å²) in [6.07, 6.45) is 0. The predicted molar refractivity (Wildman–Crippen MR) is 44.9 cm³/mol. The fourth-order valence-electron chi connectivity index (χ4n) is 0.714. The summed E-state index contributed by atoms with van der Waals surface area (Å²) < 4.78 is 34.0. The Morgan fingerprint density at radius 1 is 1.38 bits per heavy atom. The van der Waals surface area contributed by atoms with Crippen molar-refractivity contribution in [1.29, 1.82) is 0 Å². The number of rotatable bonds is 2. The van der Waals surface area contributed by atoms with Crippen molar-refractivity contribution in [2.24, 2.45) is 5.18 Å². The number of hydrogen-bond acceptors (Lipinski definition) is 4. The van der Waals surface area contributed by atoms with Gasteiger partial charge in [0.25, 0.3) is 9.05 Å². The highest BCUT2D eigenvalue weighted by molar-refractivity contribution is 8.13. The molecule has 0 spiro atoms. The Morgan fingerprint density at radius 3 is 2.46 bits per heavy atom. The molecule has 0 unspecified atom stereocenters. The summed E-state index contributed by atoms with van der Waals surface area (Å²) in [6.45, 7) is 0. The van der Waals surface area contributed by atoms with Crippen LogP contribution in [0.15, 0.2) is 28.3 Å². The molecule has 13 heavy (non-hydrogen) atoms. The molecule has 0 aliphatic rings. The summed E-state index contributed by atoms with van der Waals surface area (Å²) in [7, 11) is 1.00. The van der Waals surface area contributed by atoms with Crippen LogP contribution >= 0.6 is 10.7 Å². The van der Waals surface area contributed by atoms with E-state index in [0.29, 0.717) is 0 Å². The molecule has 0 amide bonds. The first kappa shape index (κ1) is 10.1. The van der Waals surface area contributed by atoms with E-state index in [0.717, 1.165) is 18.2 Å². The normalized spacial score (nSPS) is 11.2. The minimum atomic E-state index is -3.95. The van der Waals surface area contributed by atoms with Crippen molar-refractivity contribution in [1.82, 2.24) is 0 Å². The lowest BCUT2D eigenvalue weighted by Gasteiger charge is -1.96. The topological polar surface area (TPSA) is 63.6 Å². The number of nitrogens with zero attached hydrogens (tertiary/aromatic N) is 1. The molecule has 0 N–H and O–H groups in total. The lowest BCUT2D eigenvalue weighted by Crippen LogP contribution is -1.90. The Hall–Kier alpha value is -1.01. The molecule has 1 aromatic carbocycles. The van der Waals surface area contributed by atoms with Crippen LogP contribution in [0.5, 0.6) is 0 Å². The van der Waals surface area contributed by atoms with E-state index in [1.807, 2.05) is 0 Å². The van der Waals surface area contributed by atoms with E-state index < -0.39 is 20.6 Å². The number of hydrogen-bond donors (Lipinski definition) is 0. The Balaban J connectivity index is 3.38. The van der Waals surface area contributed by atoms with E-state index in [1.54, 1.807) is 0 Å². The van der Waals surface area contributed by atoms with Gasteiger partial charge in [-0.25, -0.2) is 12.8 Å². The average molecular weight is 224 g/mol. The van der Waals surface area contributed by atoms with Gasteiger partial charge in [-0.2, -0.15) is 0 Å². The minimum Gasteiger partial charge on any atom is -0.207 e. The summed E-state index contributed by atoms with van der Waals surface area (Å²) in [5.74, 6) is -0.890. The monoisotopic (exact) mass is 223 g/mol. The van der Waals surface area contributed by atoms with Crippen molar-refractivity contribution < 1.29 is 12.8 Å². The van der Waals surface area contributed by atoms with Gasteiger partial charge in [-0.1, -0.05) is 0 Å². The van der Waals surface area contributed by atoms with Gasteiger partial charge in [0.15, 0.2) is 5.82 Å². The van der Waals surface area contributed by atoms with Gasteiger partial charge in [0, 0.05) is 10.7 Å². The van der Waals surface area contributed by atoms with E-state index in [4.69, 9.17) is 10.7 Å². The van der Waals surface area contributed by atoms with Gasteiger partial charge in [0.1, 0.15) is 5.69 Å². The molecule has 0 atom stereocenters.